The molecule has 0 bridgehead atoms. The van der Waals surface area contributed by atoms with Crippen molar-refractivity contribution in [3.05, 3.63) is 37.0 Å². The molecule has 0 aliphatic heterocycles. The van der Waals surface area contributed by atoms with Crippen molar-refractivity contribution < 1.29 is 14.3 Å². The van der Waals surface area contributed by atoms with E-state index in [9.17, 15) is 9.59 Å². The third kappa shape index (κ3) is 9.94. The fourth-order valence-electron chi connectivity index (χ4n) is 1.23. The number of amides is 2. The third-order valence-corrected chi connectivity index (χ3v) is 2.10. The number of carbonyl (C=O) groups excluding carboxylic acids is 2. The van der Waals surface area contributed by atoms with E-state index in [-0.39, 0.29) is 18.9 Å². The van der Waals surface area contributed by atoms with Crippen molar-refractivity contribution in [3.63, 3.8) is 0 Å². The van der Waals surface area contributed by atoms with Gasteiger partial charge in [0.05, 0.1) is 0 Å². The molecule has 0 saturated carbocycles. The average molecular weight is 280 g/mol. The monoisotopic (exact) mass is 280 g/mol. The summed E-state index contributed by atoms with van der Waals surface area (Å²) in [5.74, 6) is -0.155. The van der Waals surface area contributed by atoms with Crippen LogP contribution in [0, 0.1) is 0 Å². The van der Waals surface area contributed by atoms with Crippen LogP contribution in [0.3, 0.4) is 0 Å². The molecule has 5 heteroatoms. The molecule has 0 rings (SSSR count). The summed E-state index contributed by atoms with van der Waals surface area (Å²) in [7, 11) is 0. The quantitative estimate of drug-likeness (QED) is 0.703. The smallest absolute Gasteiger partial charge is 0.407 e. The lowest BCUT2D eigenvalue weighted by Gasteiger charge is -2.19. The average Bonchev–Trinajstić information content (AvgIpc) is 2.32. The zero-order chi connectivity index (χ0) is 15.6. The van der Waals surface area contributed by atoms with E-state index in [1.165, 1.54) is 0 Å². The SMILES string of the molecule is C=C/C=C(\C=C)CNC(=O)CCNC(=O)OC(C)(C)C. The molecule has 0 aromatic heterocycles. The highest BCUT2D eigenvalue weighted by Crippen LogP contribution is 2.06. The van der Waals surface area contributed by atoms with E-state index in [2.05, 4.69) is 23.8 Å². The van der Waals surface area contributed by atoms with Crippen LogP contribution in [-0.4, -0.2) is 30.7 Å². The summed E-state index contributed by atoms with van der Waals surface area (Å²) in [6.45, 7) is 13.2. The fraction of sp³-hybridized carbons (Fsp3) is 0.467. The van der Waals surface area contributed by atoms with Gasteiger partial charge < -0.3 is 15.4 Å². The van der Waals surface area contributed by atoms with Crippen LogP contribution in [0.1, 0.15) is 27.2 Å². The molecule has 0 aliphatic rings. The van der Waals surface area contributed by atoms with E-state index in [1.54, 1.807) is 39.0 Å². The van der Waals surface area contributed by atoms with Crippen LogP contribution in [0.15, 0.2) is 37.0 Å². The Kier molecular flexibility index (Phi) is 8.04. The van der Waals surface area contributed by atoms with Crippen LogP contribution in [0.25, 0.3) is 0 Å². The normalized spacial score (nSPS) is 11.4. The molecule has 0 fully saturated rings. The summed E-state index contributed by atoms with van der Waals surface area (Å²) in [6, 6.07) is 0. The van der Waals surface area contributed by atoms with Gasteiger partial charge >= 0.3 is 6.09 Å². The molecule has 0 radical (unpaired) electrons. The predicted octanol–water partition coefficient (Wildman–Crippen LogP) is 2.32. The first-order valence-corrected chi connectivity index (χ1v) is 6.46. The molecule has 2 amide bonds. The summed E-state index contributed by atoms with van der Waals surface area (Å²) in [5.41, 5.74) is 0.328. The highest BCUT2D eigenvalue weighted by Gasteiger charge is 2.15. The number of hydrogen-bond donors (Lipinski definition) is 2. The third-order valence-electron chi connectivity index (χ3n) is 2.10. The van der Waals surface area contributed by atoms with E-state index in [0.29, 0.717) is 6.54 Å². The topological polar surface area (TPSA) is 67.4 Å². The van der Waals surface area contributed by atoms with E-state index < -0.39 is 11.7 Å². The standard InChI is InChI=1S/C15H24N2O3/c1-6-8-12(7-2)11-17-13(18)9-10-16-14(19)20-15(3,4)5/h6-8H,1-2,9-11H2,3-5H3,(H,16,19)(H,17,18)/b12-8+. The number of alkyl carbamates (subject to hydrolysis) is 1. The van der Waals surface area contributed by atoms with E-state index in [0.717, 1.165) is 5.57 Å². The first-order chi connectivity index (χ1) is 9.28. The van der Waals surface area contributed by atoms with Gasteiger partial charge in [-0.2, -0.15) is 0 Å². The molecule has 5 nitrogen and oxygen atoms in total. The number of nitrogens with one attached hydrogen (secondary N) is 2. The Labute approximate surface area is 120 Å². The number of carbonyl (C=O) groups is 2. The maximum atomic E-state index is 11.5. The van der Waals surface area contributed by atoms with Gasteiger partial charge in [0.25, 0.3) is 0 Å². The molecule has 0 unspecified atom stereocenters. The van der Waals surface area contributed by atoms with Crippen molar-refractivity contribution in [2.45, 2.75) is 32.8 Å². The maximum absolute atomic E-state index is 11.5. The first-order valence-electron chi connectivity index (χ1n) is 6.46. The maximum Gasteiger partial charge on any atom is 0.407 e. The van der Waals surface area contributed by atoms with Gasteiger partial charge in [0.15, 0.2) is 0 Å². The lowest BCUT2D eigenvalue weighted by molar-refractivity contribution is -0.120. The summed E-state index contributed by atoms with van der Waals surface area (Å²) in [4.78, 5) is 22.9. The number of ether oxygens (including phenoxy) is 1. The molecule has 0 saturated heterocycles. The van der Waals surface area contributed by atoms with Gasteiger partial charge in [-0.05, 0) is 26.3 Å². The van der Waals surface area contributed by atoms with E-state index in [4.69, 9.17) is 4.74 Å². The Morgan fingerprint density at radius 1 is 1.20 bits per heavy atom. The lowest BCUT2D eigenvalue weighted by Crippen LogP contribution is -2.35. The Hall–Kier alpha value is -2.04. The minimum absolute atomic E-state index is 0.155. The molecule has 0 heterocycles. The molecule has 0 aliphatic carbocycles. The number of allylic oxidation sites excluding steroid dienone is 2. The summed E-state index contributed by atoms with van der Waals surface area (Å²) in [6.07, 6.45) is 4.72. The van der Waals surface area contributed by atoms with E-state index >= 15 is 0 Å². The molecule has 20 heavy (non-hydrogen) atoms. The van der Waals surface area contributed by atoms with Gasteiger partial charge in [0.2, 0.25) is 5.91 Å². The summed E-state index contributed by atoms with van der Waals surface area (Å²) >= 11 is 0. The zero-order valence-electron chi connectivity index (χ0n) is 12.5. The van der Waals surface area contributed by atoms with Crippen molar-refractivity contribution >= 4 is 12.0 Å². The molecule has 0 aromatic rings. The number of hydrogen-bond acceptors (Lipinski definition) is 3. The van der Waals surface area contributed by atoms with Gasteiger partial charge in [0, 0.05) is 19.5 Å². The second-order valence-corrected chi connectivity index (χ2v) is 5.14. The Bertz CT molecular complexity index is 392. The largest absolute Gasteiger partial charge is 0.444 e. The molecule has 0 aromatic carbocycles. The number of rotatable bonds is 7. The van der Waals surface area contributed by atoms with Crippen molar-refractivity contribution in [2.24, 2.45) is 0 Å². The minimum atomic E-state index is -0.541. The molecule has 0 atom stereocenters. The fourth-order valence-corrected chi connectivity index (χ4v) is 1.23. The second kappa shape index (κ2) is 8.96. The van der Waals surface area contributed by atoms with Crippen molar-refractivity contribution in [2.75, 3.05) is 13.1 Å². The van der Waals surface area contributed by atoms with Crippen LogP contribution < -0.4 is 10.6 Å². The first kappa shape index (κ1) is 18.0. The Balaban J connectivity index is 3.89. The van der Waals surface area contributed by atoms with Gasteiger partial charge in [0.1, 0.15) is 5.60 Å². The molecule has 2 N–H and O–H groups in total. The van der Waals surface area contributed by atoms with Crippen LogP contribution >= 0.6 is 0 Å². The Morgan fingerprint density at radius 3 is 2.35 bits per heavy atom. The Morgan fingerprint density at radius 2 is 1.85 bits per heavy atom. The van der Waals surface area contributed by atoms with Crippen LogP contribution in [-0.2, 0) is 9.53 Å². The van der Waals surface area contributed by atoms with Crippen LogP contribution in [0.4, 0.5) is 4.79 Å². The van der Waals surface area contributed by atoms with Crippen LogP contribution in [0.5, 0.6) is 0 Å². The predicted molar refractivity (Wildman–Crippen MR) is 80.3 cm³/mol. The van der Waals surface area contributed by atoms with Gasteiger partial charge in [-0.1, -0.05) is 31.4 Å². The van der Waals surface area contributed by atoms with Gasteiger partial charge in [-0.3, -0.25) is 4.79 Å². The zero-order valence-corrected chi connectivity index (χ0v) is 12.5. The minimum Gasteiger partial charge on any atom is -0.444 e. The van der Waals surface area contributed by atoms with Crippen LogP contribution in [0.2, 0.25) is 0 Å². The van der Waals surface area contributed by atoms with Gasteiger partial charge in [-0.25, -0.2) is 4.79 Å². The second-order valence-electron chi connectivity index (χ2n) is 5.14. The lowest BCUT2D eigenvalue weighted by atomic mass is 10.2. The van der Waals surface area contributed by atoms with Crippen molar-refractivity contribution in [1.82, 2.24) is 10.6 Å². The van der Waals surface area contributed by atoms with E-state index in [1.807, 2.05) is 0 Å². The highest BCUT2D eigenvalue weighted by atomic mass is 16.6. The molecule has 0 spiro atoms. The summed E-state index contributed by atoms with van der Waals surface area (Å²) < 4.78 is 5.05. The molecular weight excluding hydrogens is 256 g/mol. The van der Waals surface area contributed by atoms with Gasteiger partial charge in [-0.15, -0.1) is 0 Å². The van der Waals surface area contributed by atoms with Crippen molar-refractivity contribution in [3.8, 4) is 0 Å². The molecular formula is C15H24N2O3. The highest BCUT2D eigenvalue weighted by molar-refractivity contribution is 5.77. The molecule has 112 valence electrons. The summed E-state index contributed by atoms with van der Waals surface area (Å²) in [5, 5.41) is 5.25. The van der Waals surface area contributed by atoms with Crippen molar-refractivity contribution in [1.29, 1.82) is 0 Å².